The van der Waals surface area contributed by atoms with Crippen LogP contribution in [0, 0.1) is 0 Å². The maximum absolute atomic E-state index is 13.5. The van der Waals surface area contributed by atoms with Crippen LogP contribution in [0.3, 0.4) is 0 Å². The third-order valence-electron chi connectivity index (χ3n) is 6.31. The van der Waals surface area contributed by atoms with Crippen molar-refractivity contribution < 1.29 is 9.59 Å². The highest BCUT2D eigenvalue weighted by molar-refractivity contribution is 6.34. The van der Waals surface area contributed by atoms with E-state index in [0.717, 1.165) is 28.9 Å². The van der Waals surface area contributed by atoms with Crippen molar-refractivity contribution in [1.82, 2.24) is 9.47 Å². The SMILES string of the molecule is NC(=O)N1CCc2c(c(C(=O)Nc3ccc(Cc4ccccc4)cc3)c(Cl)n2-c2ccccc2)C1. The van der Waals surface area contributed by atoms with Crippen molar-refractivity contribution in [2.24, 2.45) is 5.73 Å². The molecule has 0 bridgehead atoms. The molecule has 2 heterocycles. The summed E-state index contributed by atoms with van der Waals surface area (Å²) < 4.78 is 1.90. The highest BCUT2D eigenvalue weighted by Crippen LogP contribution is 2.35. The van der Waals surface area contributed by atoms with Gasteiger partial charge in [-0.25, -0.2) is 4.79 Å². The fraction of sp³-hybridized carbons (Fsp3) is 0.143. The number of primary amides is 1. The van der Waals surface area contributed by atoms with Crippen LogP contribution < -0.4 is 11.1 Å². The Morgan fingerprint density at radius 3 is 2.17 bits per heavy atom. The lowest BCUT2D eigenvalue weighted by Gasteiger charge is -2.27. The van der Waals surface area contributed by atoms with Gasteiger partial charge in [0.05, 0.1) is 12.1 Å². The number of nitrogens with zero attached hydrogens (tertiary/aromatic N) is 2. The molecule has 0 fully saturated rings. The van der Waals surface area contributed by atoms with Crippen LogP contribution in [0.25, 0.3) is 5.69 Å². The van der Waals surface area contributed by atoms with Gasteiger partial charge >= 0.3 is 6.03 Å². The van der Waals surface area contributed by atoms with E-state index in [-0.39, 0.29) is 12.5 Å². The zero-order chi connectivity index (χ0) is 24.4. The van der Waals surface area contributed by atoms with Crippen molar-refractivity contribution in [3.05, 3.63) is 118 Å². The molecule has 0 radical (unpaired) electrons. The summed E-state index contributed by atoms with van der Waals surface area (Å²) in [6, 6.07) is 27.2. The second-order valence-electron chi connectivity index (χ2n) is 8.59. The van der Waals surface area contributed by atoms with E-state index >= 15 is 0 Å². The first-order valence-corrected chi connectivity index (χ1v) is 11.8. The van der Waals surface area contributed by atoms with E-state index in [9.17, 15) is 9.59 Å². The fourth-order valence-electron chi connectivity index (χ4n) is 4.57. The zero-order valence-corrected chi connectivity index (χ0v) is 19.8. The van der Waals surface area contributed by atoms with Gasteiger partial charge in [0, 0.05) is 35.6 Å². The molecule has 35 heavy (non-hydrogen) atoms. The van der Waals surface area contributed by atoms with Gasteiger partial charge in [-0.3, -0.25) is 4.79 Å². The molecule has 6 nitrogen and oxygen atoms in total. The molecule has 0 spiro atoms. The summed E-state index contributed by atoms with van der Waals surface area (Å²) in [5, 5.41) is 3.30. The lowest BCUT2D eigenvalue weighted by molar-refractivity contribution is 0.102. The van der Waals surface area contributed by atoms with E-state index in [1.54, 1.807) is 0 Å². The third kappa shape index (κ3) is 4.66. The van der Waals surface area contributed by atoms with Gasteiger partial charge in [-0.15, -0.1) is 0 Å². The van der Waals surface area contributed by atoms with Gasteiger partial charge in [-0.05, 0) is 41.8 Å². The summed E-state index contributed by atoms with van der Waals surface area (Å²) in [4.78, 5) is 26.9. The van der Waals surface area contributed by atoms with Gasteiger partial charge < -0.3 is 20.5 Å². The quantitative estimate of drug-likeness (QED) is 0.397. The summed E-state index contributed by atoms with van der Waals surface area (Å²) in [6.07, 6.45) is 1.37. The predicted octanol–water partition coefficient (Wildman–Crippen LogP) is 5.41. The first kappa shape index (κ1) is 22.7. The van der Waals surface area contributed by atoms with Crippen LogP contribution in [0.5, 0.6) is 0 Å². The second-order valence-corrected chi connectivity index (χ2v) is 8.94. The zero-order valence-electron chi connectivity index (χ0n) is 19.1. The van der Waals surface area contributed by atoms with Gasteiger partial charge in [-0.1, -0.05) is 72.3 Å². The van der Waals surface area contributed by atoms with E-state index in [1.807, 2.05) is 77.4 Å². The number of carbonyl (C=O) groups excluding carboxylic acids is 2. The van der Waals surface area contributed by atoms with Gasteiger partial charge in [0.2, 0.25) is 0 Å². The Kier molecular flexibility index (Phi) is 6.29. The number of hydrogen-bond acceptors (Lipinski definition) is 2. The van der Waals surface area contributed by atoms with E-state index in [0.29, 0.717) is 29.4 Å². The number of para-hydroxylation sites is 1. The molecule has 0 unspecified atom stereocenters. The number of anilines is 1. The third-order valence-corrected chi connectivity index (χ3v) is 6.66. The molecule has 3 N–H and O–H groups in total. The van der Waals surface area contributed by atoms with Gasteiger partial charge in [0.1, 0.15) is 5.15 Å². The molecule has 0 atom stereocenters. The Balaban J connectivity index is 1.44. The number of nitrogens with two attached hydrogens (primary N) is 1. The number of amides is 3. The molecule has 1 aliphatic heterocycles. The molecular formula is C28H25ClN4O2. The van der Waals surface area contributed by atoms with Gasteiger partial charge in [-0.2, -0.15) is 0 Å². The maximum atomic E-state index is 13.5. The summed E-state index contributed by atoms with van der Waals surface area (Å²) in [5.41, 5.74) is 11.5. The largest absolute Gasteiger partial charge is 0.351 e. The topological polar surface area (TPSA) is 80.4 Å². The van der Waals surface area contributed by atoms with E-state index in [1.165, 1.54) is 10.5 Å². The van der Waals surface area contributed by atoms with Crippen LogP contribution in [0.1, 0.15) is 32.7 Å². The molecule has 1 aliphatic rings. The average molecular weight is 485 g/mol. The molecule has 3 amide bonds. The highest BCUT2D eigenvalue weighted by Gasteiger charge is 2.32. The molecule has 4 aromatic rings. The number of rotatable bonds is 5. The average Bonchev–Trinajstić information content (AvgIpc) is 3.17. The monoisotopic (exact) mass is 484 g/mol. The molecule has 0 saturated heterocycles. The number of benzene rings is 3. The smallest absolute Gasteiger partial charge is 0.315 e. The van der Waals surface area contributed by atoms with Crippen molar-refractivity contribution >= 4 is 29.2 Å². The summed E-state index contributed by atoms with van der Waals surface area (Å²) in [6.45, 7) is 0.711. The Morgan fingerprint density at radius 1 is 0.886 bits per heavy atom. The Morgan fingerprint density at radius 2 is 1.51 bits per heavy atom. The minimum Gasteiger partial charge on any atom is -0.351 e. The molecule has 3 aromatic carbocycles. The van der Waals surface area contributed by atoms with E-state index in [4.69, 9.17) is 17.3 Å². The number of fused-ring (bicyclic) bond motifs is 1. The van der Waals surface area contributed by atoms with Crippen LogP contribution >= 0.6 is 11.6 Å². The summed E-state index contributed by atoms with van der Waals surface area (Å²) in [7, 11) is 0. The Hall–Kier alpha value is -4.03. The lowest BCUT2D eigenvalue weighted by atomic mass is 10.0. The van der Waals surface area contributed by atoms with E-state index < -0.39 is 6.03 Å². The predicted molar refractivity (Wildman–Crippen MR) is 138 cm³/mol. The molecule has 0 aliphatic carbocycles. The first-order chi connectivity index (χ1) is 17.0. The molecule has 1 aromatic heterocycles. The van der Waals surface area contributed by atoms with Gasteiger partial charge in [0.15, 0.2) is 0 Å². The van der Waals surface area contributed by atoms with Crippen LogP contribution in [-0.4, -0.2) is 28.0 Å². The van der Waals surface area contributed by atoms with Crippen LogP contribution in [0.4, 0.5) is 10.5 Å². The first-order valence-electron chi connectivity index (χ1n) is 11.5. The van der Waals surface area contributed by atoms with Crippen molar-refractivity contribution in [1.29, 1.82) is 0 Å². The number of hydrogen-bond donors (Lipinski definition) is 2. The van der Waals surface area contributed by atoms with Crippen LogP contribution in [0.15, 0.2) is 84.9 Å². The maximum Gasteiger partial charge on any atom is 0.315 e. The van der Waals surface area contributed by atoms with Crippen molar-refractivity contribution in [2.45, 2.75) is 19.4 Å². The fourth-order valence-corrected chi connectivity index (χ4v) is 4.97. The van der Waals surface area contributed by atoms with E-state index in [2.05, 4.69) is 17.4 Å². The van der Waals surface area contributed by atoms with Crippen LogP contribution in [0.2, 0.25) is 5.15 Å². The van der Waals surface area contributed by atoms with Crippen LogP contribution in [-0.2, 0) is 19.4 Å². The Bertz CT molecular complexity index is 1370. The number of urea groups is 1. The number of nitrogens with one attached hydrogen (secondary N) is 1. The molecule has 176 valence electrons. The Labute approximate surface area is 208 Å². The van der Waals surface area contributed by atoms with Gasteiger partial charge in [0.25, 0.3) is 5.91 Å². The molecule has 0 saturated carbocycles. The molecular weight excluding hydrogens is 460 g/mol. The standard InChI is InChI=1S/C28H25ClN4O2/c29-26-25(27(34)31-21-13-11-20(12-14-21)17-19-7-3-1-4-8-19)23-18-32(28(30)35)16-15-24(23)33(26)22-9-5-2-6-10-22/h1-14H,15-18H2,(H2,30,35)(H,31,34). The van der Waals surface area contributed by atoms with Crippen molar-refractivity contribution in [2.75, 3.05) is 11.9 Å². The molecule has 7 heteroatoms. The summed E-state index contributed by atoms with van der Waals surface area (Å²) >= 11 is 6.83. The second kappa shape index (κ2) is 9.68. The minimum absolute atomic E-state index is 0.239. The van der Waals surface area contributed by atoms with Crippen molar-refractivity contribution in [3.8, 4) is 5.69 Å². The summed E-state index contributed by atoms with van der Waals surface area (Å²) in [5.74, 6) is -0.317. The highest BCUT2D eigenvalue weighted by atomic mass is 35.5. The number of aromatic nitrogens is 1. The lowest BCUT2D eigenvalue weighted by Crippen LogP contribution is -2.40. The number of carbonyl (C=O) groups is 2. The number of halogens is 1. The van der Waals surface area contributed by atoms with Crippen molar-refractivity contribution in [3.63, 3.8) is 0 Å². The molecule has 5 rings (SSSR count). The normalized spacial score (nSPS) is 12.8. The minimum atomic E-state index is -0.514.